The largest absolute Gasteiger partial charge is 0.542 e. The van der Waals surface area contributed by atoms with Gasteiger partial charge in [0, 0.05) is 5.56 Å². The van der Waals surface area contributed by atoms with E-state index in [0.717, 1.165) is 11.3 Å². The lowest BCUT2D eigenvalue weighted by molar-refractivity contribution is 0.536. The average molecular weight is 191 g/mol. The van der Waals surface area contributed by atoms with Crippen LogP contribution in [0.1, 0.15) is 12.5 Å². The first-order valence-corrected chi connectivity index (χ1v) is 6.84. The van der Waals surface area contributed by atoms with Gasteiger partial charge < -0.3 is 4.43 Å². The van der Waals surface area contributed by atoms with Gasteiger partial charge in [0.1, 0.15) is 5.76 Å². The average Bonchev–Trinajstić information content (AvgIpc) is 2.15. The minimum Gasteiger partial charge on any atom is -0.542 e. The van der Waals surface area contributed by atoms with E-state index in [0.29, 0.717) is 0 Å². The number of allylic oxidation sites excluding steroid dienone is 1. The molecule has 1 nitrogen and oxygen atoms in total. The highest BCUT2D eigenvalue weighted by Crippen LogP contribution is 2.15. The van der Waals surface area contributed by atoms with Gasteiger partial charge in [0.25, 0.3) is 9.04 Å². The van der Waals surface area contributed by atoms with Gasteiger partial charge in [0.05, 0.1) is 0 Å². The summed E-state index contributed by atoms with van der Waals surface area (Å²) in [5.74, 6) is 1.000. The Bertz CT molecular complexity index is 277. The van der Waals surface area contributed by atoms with Crippen LogP contribution in [0.4, 0.5) is 0 Å². The van der Waals surface area contributed by atoms with E-state index in [1.807, 2.05) is 31.2 Å². The molecule has 2 heteroatoms. The number of benzene rings is 1. The standard InChI is InChI=1S/C11H15OSi/c1-4-11(12-13(2)3)10-8-6-5-7-9-10/h4-9H,1-3H3/b11-4-. The highest BCUT2D eigenvalue weighted by Gasteiger charge is 2.04. The second-order valence-electron chi connectivity index (χ2n) is 3.03. The summed E-state index contributed by atoms with van der Waals surface area (Å²) in [6, 6.07) is 10.2. The number of rotatable bonds is 3. The Kier molecular flexibility index (Phi) is 3.77. The second-order valence-corrected chi connectivity index (χ2v) is 5.05. The molecule has 0 fully saturated rings. The molecule has 0 aromatic heterocycles. The van der Waals surface area contributed by atoms with Gasteiger partial charge in [-0.05, 0) is 26.1 Å². The normalized spacial score (nSPS) is 11.8. The van der Waals surface area contributed by atoms with E-state index in [-0.39, 0.29) is 0 Å². The van der Waals surface area contributed by atoms with E-state index >= 15 is 0 Å². The summed E-state index contributed by atoms with van der Waals surface area (Å²) in [5.41, 5.74) is 1.16. The zero-order chi connectivity index (χ0) is 9.68. The molecule has 1 aromatic carbocycles. The van der Waals surface area contributed by atoms with Gasteiger partial charge >= 0.3 is 0 Å². The van der Waals surface area contributed by atoms with E-state index in [1.54, 1.807) is 0 Å². The van der Waals surface area contributed by atoms with Crippen molar-refractivity contribution < 1.29 is 4.43 Å². The van der Waals surface area contributed by atoms with Crippen molar-refractivity contribution in [3.8, 4) is 0 Å². The van der Waals surface area contributed by atoms with Crippen molar-refractivity contribution in [1.29, 1.82) is 0 Å². The van der Waals surface area contributed by atoms with Crippen LogP contribution in [0.2, 0.25) is 13.1 Å². The van der Waals surface area contributed by atoms with Crippen LogP contribution in [0, 0.1) is 0 Å². The summed E-state index contributed by atoms with van der Waals surface area (Å²) in [5, 5.41) is 0. The molecule has 0 unspecified atom stereocenters. The molecule has 1 rings (SSSR count). The van der Waals surface area contributed by atoms with E-state index in [1.165, 1.54) is 0 Å². The Balaban J connectivity index is 2.80. The fraction of sp³-hybridized carbons (Fsp3) is 0.273. The first-order chi connectivity index (χ1) is 6.24. The molecular weight excluding hydrogens is 176 g/mol. The molecular formula is C11H15OSi. The first kappa shape index (κ1) is 10.1. The third kappa shape index (κ3) is 3.07. The number of hydrogen-bond acceptors (Lipinski definition) is 1. The Morgan fingerprint density at radius 2 is 1.85 bits per heavy atom. The van der Waals surface area contributed by atoms with Gasteiger partial charge in [-0.15, -0.1) is 0 Å². The Morgan fingerprint density at radius 3 is 2.31 bits per heavy atom. The molecule has 1 radical (unpaired) electrons. The predicted octanol–water partition coefficient (Wildman–Crippen LogP) is 3.32. The lowest BCUT2D eigenvalue weighted by Crippen LogP contribution is -2.06. The van der Waals surface area contributed by atoms with E-state index in [4.69, 9.17) is 4.43 Å². The van der Waals surface area contributed by atoms with Crippen LogP contribution in [0.25, 0.3) is 5.76 Å². The molecule has 0 aliphatic heterocycles. The fourth-order valence-electron chi connectivity index (χ4n) is 1.11. The molecule has 0 heterocycles. The van der Waals surface area contributed by atoms with Crippen molar-refractivity contribution in [3.63, 3.8) is 0 Å². The van der Waals surface area contributed by atoms with Crippen molar-refractivity contribution >= 4 is 14.8 Å². The van der Waals surface area contributed by atoms with Gasteiger partial charge in [0.2, 0.25) is 0 Å². The maximum absolute atomic E-state index is 5.75. The van der Waals surface area contributed by atoms with Crippen LogP contribution in [0.3, 0.4) is 0 Å². The summed E-state index contributed by atoms with van der Waals surface area (Å²) in [6.07, 6.45) is 2.02. The molecule has 0 spiro atoms. The zero-order valence-electron chi connectivity index (χ0n) is 8.37. The maximum Gasteiger partial charge on any atom is 0.274 e. The second kappa shape index (κ2) is 4.87. The zero-order valence-corrected chi connectivity index (χ0v) is 9.37. The summed E-state index contributed by atoms with van der Waals surface area (Å²) in [4.78, 5) is 0. The van der Waals surface area contributed by atoms with Crippen LogP contribution in [0.5, 0.6) is 0 Å². The molecule has 0 bridgehead atoms. The molecule has 0 aliphatic carbocycles. The Morgan fingerprint density at radius 1 is 1.23 bits per heavy atom. The lowest BCUT2D eigenvalue weighted by atomic mass is 10.2. The third-order valence-corrected chi connectivity index (χ3v) is 2.26. The topological polar surface area (TPSA) is 9.23 Å². The maximum atomic E-state index is 5.75. The van der Waals surface area contributed by atoms with E-state index in [9.17, 15) is 0 Å². The Hall–Kier alpha value is -1.02. The smallest absolute Gasteiger partial charge is 0.274 e. The van der Waals surface area contributed by atoms with Gasteiger partial charge in [0.15, 0.2) is 0 Å². The monoisotopic (exact) mass is 191 g/mol. The van der Waals surface area contributed by atoms with Gasteiger partial charge in [-0.25, -0.2) is 0 Å². The first-order valence-electron chi connectivity index (χ1n) is 4.43. The molecule has 0 atom stereocenters. The van der Waals surface area contributed by atoms with Crippen LogP contribution in [-0.2, 0) is 4.43 Å². The van der Waals surface area contributed by atoms with Crippen molar-refractivity contribution in [2.24, 2.45) is 0 Å². The van der Waals surface area contributed by atoms with Gasteiger partial charge in [-0.2, -0.15) is 0 Å². The van der Waals surface area contributed by atoms with Crippen LogP contribution in [0.15, 0.2) is 36.4 Å². The summed E-state index contributed by atoms with van der Waals surface area (Å²) in [6.45, 7) is 6.28. The molecule has 0 N–H and O–H groups in total. The van der Waals surface area contributed by atoms with Crippen molar-refractivity contribution in [2.75, 3.05) is 0 Å². The summed E-state index contributed by atoms with van der Waals surface area (Å²) in [7, 11) is -0.661. The quantitative estimate of drug-likeness (QED) is 0.526. The Labute approximate surface area is 81.8 Å². The lowest BCUT2D eigenvalue weighted by Gasteiger charge is -2.12. The highest BCUT2D eigenvalue weighted by atomic mass is 28.3. The van der Waals surface area contributed by atoms with Crippen molar-refractivity contribution in [1.82, 2.24) is 0 Å². The molecule has 0 saturated carbocycles. The fourth-order valence-corrected chi connectivity index (χ4v) is 1.78. The highest BCUT2D eigenvalue weighted by molar-refractivity contribution is 6.49. The molecule has 0 saturated heterocycles. The van der Waals surface area contributed by atoms with Crippen LogP contribution in [-0.4, -0.2) is 9.04 Å². The third-order valence-electron chi connectivity index (χ3n) is 1.63. The minimum absolute atomic E-state index is 0.661. The van der Waals surface area contributed by atoms with Crippen LogP contribution >= 0.6 is 0 Å². The van der Waals surface area contributed by atoms with Gasteiger partial charge in [-0.3, -0.25) is 0 Å². The summed E-state index contributed by atoms with van der Waals surface area (Å²) >= 11 is 0. The van der Waals surface area contributed by atoms with E-state index < -0.39 is 9.04 Å². The molecule has 1 aromatic rings. The summed E-state index contributed by atoms with van der Waals surface area (Å²) < 4.78 is 5.75. The predicted molar refractivity (Wildman–Crippen MR) is 58.7 cm³/mol. The minimum atomic E-state index is -0.661. The molecule has 69 valence electrons. The molecule has 13 heavy (non-hydrogen) atoms. The van der Waals surface area contributed by atoms with Crippen LogP contribution < -0.4 is 0 Å². The van der Waals surface area contributed by atoms with Crippen molar-refractivity contribution in [3.05, 3.63) is 42.0 Å². The molecule has 0 aliphatic rings. The van der Waals surface area contributed by atoms with Gasteiger partial charge in [-0.1, -0.05) is 30.3 Å². The molecule has 0 amide bonds. The van der Waals surface area contributed by atoms with Crippen molar-refractivity contribution in [2.45, 2.75) is 20.0 Å². The van der Waals surface area contributed by atoms with E-state index in [2.05, 4.69) is 25.2 Å². The number of hydrogen-bond donors (Lipinski definition) is 0. The SMILES string of the molecule is C/C=C(\O[Si](C)C)c1ccccc1.